The highest BCUT2D eigenvalue weighted by Crippen LogP contribution is 2.22. The number of amides is 1. The highest BCUT2D eigenvalue weighted by Gasteiger charge is 2.22. The molecular weight excluding hydrogens is 436 g/mol. The highest BCUT2D eigenvalue weighted by molar-refractivity contribution is 7.90. The van der Waals surface area contributed by atoms with Crippen LogP contribution in [0.2, 0.25) is 0 Å². The Bertz CT molecular complexity index is 1190. The van der Waals surface area contributed by atoms with E-state index in [0.717, 1.165) is 30.9 Å². The van der Waals surface area contributed by atoms with Crippen LogP contribution in [0.15, 0.2) is 83.8 Å². The lowest BCUT2D eigenvalue weighted by molar-refractivity contribution is 0.0767. The molecule has 1 aliphatic heterocycles. The molecule has 33 heavy (non-hydrogen) atoms. The molecule has 1 heterocycles. The third-order valence-corrected chi connectivity index (χ3v) is 7.56. The molecule has 3 aromatic rings. The molecule has 0 aromatic heterocycles. The molecule has 1 amide bonds. The molecule has 172 valence electrons. The number of methoxy groups -OCH3 is 1. The fourth-order valence-corrected chi connectivity index (χ4v) is 5.44. The van der Waals surface area contributed by atoms with E-state index in [1.54, 1.807) is 61.7 Å². The maximum Gasteiger partial charge on any atom is 0.253 e. The Labute approximate surface area is 195 Å². The van der Waals surface area contributed by atoms with Crippen LogP contribution >= 0.6 is 0 Å². The zero-order valence-electron chi connectivity index (χ0n) is 18.7. The van der Waals surface area contributed by atoms with Gasteiger partial charge in [0.15, 0.2) is 9.84 Å². The average Bonchev–Trinajstić information content (AvgIpc) is 3.10. The minimum Gasteiger partial charge on any atom is -0.497 e. The third-order valence-electron chi connectivity index (χ3n) is 5.85. The molecule has 3 aromatic carbocycles. The molecular formula is C26H28N2O4S. The van der Waals surface area contributed by atoms with E-state index in [-0.39, 0.29) is 16.6 Å². The maximum absolute atomic E-state index is 13.2. The number of carbonyl (C=O) groups excluding carboxylic acids is 1. The van der Waals surface area contributed by atoms with E-state index in [1.807, 2.05) is 29.2 Å². The van der Waals surface area contributed by atoms with Crippen molar-refractivity contribution >= 4 is 21.4 Å². The second-order valence-corrected chi connectivity index (χ2v) is 10.1. The van der Waals surface area contributed by atoms with Crippen LogP contribution in [0.4, 0.5) is 5.69 Å². The van der Waals surface area contributed by atoms with Crippen LogP contribution in [0, 0.1) is 0 Å². The molecule has 0 N–H and O–H groups in total. The Morgan fingerprint density at radius 2 is 1.64 bits per heavy atom. The number of carbonyl (C=O) groups is 1. The van der Waals surface area contributed by atoms with Crippen molar-refractivity contribution in [2.45, 2.75) is 17.1 Å². The number of anilines is 1. The van der Waals surface area contributed by atoms with Gasteiger partial charge in [0.1, 0.15) is 5.75 Å². The first-order chi connectivity index (χ1) is 16.0. The number of ether oxygens (including phenoxy) is 1. The molecule has 7 heteroatoms. The Morgan fingerprint density at radius 3 is 2.36 bits per heavy atom. The van der Waals surface area contributed by atoms with Crippen LogP contribution in [-0.2, 0) is 15.6 Å². The predicted octanol–water partition coefficient (Wildman–Crippen LogP) is 4.02. The number of benzene rings is 3. The monoisotopic (exact) mass is 464 g/mol. The molecule has 0 radical (unpaired) electrons. The molecule has 6 nitrogen and oxygen atoms in total. The van der Waals surface area contributed by atoms with Crippen molar-refractivity contribution < 1.29 is 17.9 Å². The molecule has 0 saturated carbocycles. The standard InChI is InChI=1S/C26H28N2O4S/c1-32-24-13-11-23(12-14-24)27-15-6-16-28(18-17-27)26(29)22-8-5-7-21(19-22)20-33(30,31)25-9-3-2-4-10-25/h2-5,7-14,19H,6,15-18,20H2,1H3. The van der Waals surface area contributed by atoms with Crippen molar-refractivity contribution in [2.75, 3.05) is 38.2 Å². The first-order valence-corrected chi connectivity index (χ1v) is 12.7. The zero-order chi connectivity index (χ0) is 23.3. The Hall–Kier alpha value is -3.32. The molecule has 0 bridgehead atoms. The lowest BCUT2D eigenvalue weighted by Gasteiger charge is -2.24. The maximum atomic E-state index is 13.2. The number of hydrogen-bond donors (Lipinski definition) is 0. The summed E-state index contributed by atoms with van der Waals surface area (Å²) in [5.41, 5.74) is 2.24. The van der Waals surface area contributed by atoms with Crippen LogP contribution in [0.3, 0.4) is 0 Å². The van der Waals surface area contributed by atoms with Crippen LogP contribution in [0.5, 0.6) is 5.75 Å². The Balaban J connectivity index is 1.44. The van der Waals surface area contributed by atoms with Gasteiger partial charge in [-0.15, -0.1) is 0 Å². The van der Waals surface area contributed by atoms with E-state index >= 15 is 0 Å². The summed E-state index contributed by atoms with van der Waals surface area (Å²) in [6.45, 7) is 2.88. The second kappa shape index (κ2) is 10.1. The van der Waals surface area contributed by atoms with E-state index in [4.69, 9.17) is 4.74 Å². The fourth-order valence-electron chi connectivity index (χ4n) is 4.08. The Kier molecular flexibility index (Phi) is 6.99. The summed E-state index contributed by atoms with van der Waals surface area (Å²) in [6.07, 6.45) is 0.861. The van der Waals surface area contributed by atoms with Gasteiger partial charge in [0.25, 0.3) is 5.91 Å². The number of hydrogen-bond acceptors (Lipinski definition) is 5. The lowest BCUT2D eigenvalue weighted by atomic mass is 10.1. The van der Waals surface area contributed by atoms with E-state index in [0.29, 0.717) is 24.2 Å². The minimum absolute atomic E-state index is 0.0643. The molecule has 1 aliphatic rings. The van der Waals surface area contributed by atoms with Gasteiger partial charge >= 0.3 is 0 Å². The van der Waals surface area contributed by atoms with Crippen molar-refractivity contribution in [3.63, 3.8) is 0 Å². The summed E-state index contributed by atoms with van der Waals surface area (Å²) in [5.74, 6) is 0.619. The van der Waals surface area contributed by atoms with Gasteiger partial charge in [-0.1, -0.05) is 30.3 Å². The molecule has 4 rings (SSSR count). The first kappa shape index (κ1) is 22.9. The SMILES string of the molecule is COc1ccc(N2CCCN(C(=O)c3cccc(CS(=O)(=O)c4ccccc4)c3)CC2)cc1. The van der Waals surface area contributed by atoms with Gasteiger partial charge in [0, 0.05) is 37.4 Å². The van der Waals surface area contributed by atoms with E-state index in [9.17, 15) is 13.2 Å². The minimum atomic E-state index is -3.47. The van der Waals surface area contributed by atoms with Gasteiger partial charge in [-0.2, -0.15) is 0 Å². The fraction of sp³-hybridized carbons (Fsp3) is 0.269. The first-order valence-electron chi connectivity index (χ1n) is 11.0. The quantitative estimate of drug-likeness (QED) is 0.551. The number of sulfone groups is 1. The molecule has 0 aliphatic carbocycles. The molecule has 0 atom stereocenters. The Morgan fingerprint density at radius 1 is 0.879 bits per heavy atom. The van der Waals surface area contributed by atoms with Gasteiger partial charge in [0.2, 0.25) is 0 Å². The van der Waals surface area contributed by atoms with Crippen LogP contribution in [-0.4, -0.2) is 52.5 Å². The summed E-state index contributed by atoms with van der Waals surface area (Å²) in [6, 6.07) is 23.3. The summed E-state index contributed by atoms with van der Waals surface area (Å²) >= 11 is 0. The third kappa shape index (κ3) is 5.54. The van der Waals surface area contributed by atoms with Gasteiger partial charge in [-0.05, 0) is 60.5 Å². The van der Waals surface area contributed by atoms with E-state index < -0.39 is 9.84 Å². The second-order valence-electron chi connectivity index (χ2n) is 8.10. The zero-order valence-corrected chi connectivity index (χ0v) is 19.5. The predicted molar refractivity (Wildman–Crippen MR) is 130 cm³/mol. The topological polar surface area (TPSA) is 66.9 Å². The number of rotatable bonds is 6. The van der Waals surface area contributed by atoms with Crippen molar-refractivity contribution in [2.24, 2.45) is 0 Å². The molecule has 0 unspecified atom stereocenters. The normalized spacial score (nSPS) is 14.6. The summed E-state index contributed by atoms with van der Waals surface area (Å²) < 4.78 is 30.7. The van der Waals surface area contributed by atoms with Crippen LogP contribution < -0.4 is 9.64 Å². The molecule has 1 saturated heterocycles. The summed E-state index contributed by atoms with van der Waals surface area (Å²) in [5, 5.41) is 0. The summed E-state index contributed by atoms with van der Waals surface area (Å²) in [7, 11) is -1.82. The van der Waals surface area contributed by atoms with E-state index in [2.05, 4.69) is 4.90 Å². The van der Waals surface area contributed by atoms with Crippen molar-refractivity contribution in [1.82, 2.24) is 4.90 Å². The largest absolute Gasteiger partial charge is 0.497 e. The lowest BCUT2D eigenvalue weighted by Crippen LogP contribution is -2.35. The summed E-state index contributed by atoms with van der Waals surface area (Å²) in [4.78, 5) is 17.6. The van der Waals surface area contributed by atoms with Crippen LogP contribution in [0.25, 0.3) is 0 Å². The van der Waals surface area contributed by atoms with E-state index in [1.165, 1.54) is 0 Å². The van der Waals surface area contributed by atoms with Gasteiger partial charge in [-0.25, -0.2) is 8.42 Å². The van der Waals surface area contributed by atoms with Crippen molar-refractivity contribution in [3.8, 4) is 5.75 Å². The van der Waals surface area contributed by atoms with Gasteiger partial charge < -0.3 is 14.5 Å². The van der Waals surface area contributed by atoms with Gasteiger partial charge in [-0.3, -0.25) is 4.79 Å². The average molecular weight is 465 g/mol. The molecule has 1 fully saturated rings. The highest BCUT2D eigenvalue weighted by atomic mass is 32.2. The van der Waals surface area contributed by atoms with Crippen molar-refractivity contribution in [1.29, 1.82) is 0 Å². The number of nitrogens with zero attached hydrogens (tertiary/aromatic N) is 2. The molecule has 0 spiro atoms. The smallest absolute Gasteiger partial charge is 0.253 e. The van der Waals surface area contributed by atoms with Gasteiger partial charge in [0.05, 0.1) is 17.8 Å². The van der Waals surface area contributed by atoms with Crippen molar-refractivity contribution in [3.05, 3.63) is 90.0 Å². The van der Waals surface area contributed by atoms with Crippen LogP contribution in [0.1, 0.15) is 22.3 Å².